The standard InChI is InChI=1S/C20H21IN2O/c1-3-20-11-19(2)23-15-7-5-4-6-12(15)13-8-9-22(17(20)16(13)23)10-14(21)18(20)24-19/h4-7,10,17-18H,3,8-9,11H2,1-2H3/t17-,18-,19?,20+/m1/s1. The van der Waals surface area contributed by atoms with Crippen LogP contribution in [-0.4, -0.2) is 22.1 Å². The molecule has 4 heteroatoms. The van der Waals surface area contributed by atoms with Crippen molar-refractivity contribution >= 4 is 33.5 Å². The fraction of sp³-hybridized carbons (Fsp3) is 0.500. The lowest BCUT2D eigenvalue weighted by molar-refractivity contribution is -0.0687. The van der Waals surface area contributed by atoms with Crippen LogP contribution < -0.4 is 0 Å². The molecule has 0 amide bonds. The van der Waals surface area contributed by atoms with Crippen molar-refractivity contribution in [3.8, 4) is 0 Å². The van der Waals surface area contributed by atoms with Crippen LogP contribution in [-0.2, 0) is 16.9 Å². The zero-order valence-corrected chi connectivity index (χ0v) is 16.2. The summed E-state index contributed by atoms with van der Waals surface area (Å²) in [5.74, 6) is 0. The Morgan fingerprint density at radius 3 is 3.00 bits per heavy atom. The zero-order chi connectivity index (χ0) is 16.3. The van der Waals surface area contributed by atoms with Crippen LogP contribution in [0.2, 0.25) is 0 Å². The average molecular weight is 432 g/mol. The van der Waals surface area contributed by atoms with Gasteiger partial charge in [-0.3, -0.25) is 0 Å². The van der Waals surface area contributed by atoms with Crippen LogP contribution in [0.15, 0.2) is 34.0 Å². The summed E-state index contributed by atoms with van der Waals surface area (Å²) in [6.45, 7) is 5.81. The van der Waals surface area contributed by atoms with E-state index >= 15 is 0 Å². The van der Waals surface area contributed by atoms with Crippen LogP contribution in [0.1, 0.15) is 44.0 Å². The van der Waals surface area contributed by atoms with E-state index in [-0.39, 0.29) is 17.2 Å². The summed E-state index contributed by atoms with van der Waals surface area (Å²) in [7, 11) is 0. The van der Waals surface area contributed by atoms with E-state index in [1.165, 1.54) is 20.9 Å². The van der Waals surface area contributed by atoms with E-state index in [9.17, 15) is 0 Å². The summed E-state index contributed by atoms with van der Waals surface area (Å²) >= 11 is 2.52. The minimum atomic E-state index is -0.220. The third-order valence-corrected chi connectivity index (χ3v) is 7.84. The second-order valence-electron chi connectivity index (χ2n) is 8.06. The molecule has 5 heterocycles. The Bertz CT molecular complexity index is 931. The van der Waals surface area contributed by atoms with Gasteiger partial charge in [-0.2, -0.15) is 0 Å². The van der Waals surface area contributed by atoms with Crippen molar-refractivity contribution in [2.24, 2.45) is 5.41 Å². The number of nitrogens with zero attached hydrogens (tertiary/aromatic N) is 2. The van der Waals surface area contributed by atoms with Crippen LogP contribution in [0, 0.1) is 5.41 Å². The molecule has 0 saturated carbocycles. The fourth-order valence-corrected chi connectivity index (χ4v) is 7.31. The highest BCUT2D eigenvalue weighted by atomic mass is 127. The maximum absolute atomic E-state index is 6.83. The third-order valence-electron chi connectivity index (χ3n) is 7.00. The van der Waals surface area contributed by atoms with Crippen LogP contribution in [0.25, 0.3) is 10.9 Å². The predicted octanol–water partition coefficient (Wildman–Crippen LogP) is 4.70. The zero-order valence-electron chi connectivity index (χ0n) is 14.1. The quantitative estimate of drug-likeness (QED) is 0.608. The van der Waals surface area contributed by atoms with Crippen LogP contribution in [0.5, 0.6) is 0 Å². The van der Waals surface area contributed by atoms with Gasteiger partial charge in [0.15, 0.2) is 0 Å². The van der Waals surface area contributed by atoms with Crippen LogP contribution in [0.3, 0.4) is 0 Å². The molecule has 4 aliphatic rings. The van der Waals surface area contributed by atoms with Crippen LogP contribution >= 0.6 is 22.6 Å². The first-order chi connectivity index (χ1) is 11.6. The lowest BCUT2D eigenvalue weighted by Gasteiger charge is -2.53. The van der Waals surface area contributed by atoms with Crippen molar-refractivity contribution in [1.29, 1.82) is 0 Å². The van der Waals surface area contributed by atoms with E-state index in [2.05, 4.69) is 76.4 Å². The van der Waals surface area contributed by atoms with E-state index in [4.69, 9.17) is 4.74 Å². The lowest BCUT2D eigenvalue weighted by Crippen LogP contribution is -2.52. The Balaban J connectivity index is 1.79. The van der Waals surface area contributed by atoms with E-state index in [1.54, 1.807) is 11.3 Å². The topological polar surface area (TPSA) is 17.4 Å². The van der Waals surface area contributed by atoms with Crippen molar-refractivity contribution in [2.75, 3.05) is 6.54 Å². The number of benzene rings is 1. The number of hydrogen-bond donors (Lipinski definition) is 0. The molecule has 4 aliphatic heterocycles. The molecule has 0 aliphatic carbocycles. The van der Waals surface area contributed by atoms with Gasteiger partial charge < -0.3 is 14.2 Å². The summed E-state index contributed by atoms with van der Waals surface area (Å²) in [4.78, 5) is 2.62. The molecule has 2 aromatic rings. The molecule has 1 aromatic carbocycles. The predicted molar refractivity (Wildman–Crippen MR) is 103 cm³/mol. The summed E-state index contributed by atoms with van der Waals surface area (Å²) in [6, 6.07) is 9.41. The molecule has 2 bridgehead atoms. The molecule has 124 valence electrons. The molecule has 0 radical (unpaired) electrons. The van der Waals surface area contributed by atoms with Gasteiger partial charge in [-0.25, -0.2) is 0 Å². The van der Waals surface area contributed by atoms with Gasteiger partial charge in [0, 0.05) is 39.2 Å². The number of para-hydroxylation sites is 1. The number of ether oxygens (including phenoxy) is 1. The van der Waals surface area contributed by atoms with Gasteiger partial charge in [-0.15, -0.1) is 0 Å². The molecule has 24 heavy (non-hydrogen) atoms. The van der Waals surface area contributed by atoms with Crippen molar-refractivity contribution in [3.63, 3.8) is 0 Å². The van der Waals surface area contributed by atoms with E-state index in [0.29, 0.717) is 6.04 Å². The first-order valence-corrected chi connectivity index (χ1v) is 10.1. The van der Waals surface area contributed by atoms with Gasteiger partial charge >= 0.3 is 0 Å². The Kier molecular flexibility index (Phi) is 2.49. The van der Waals surface area contributed by atoms with Gasteiger partial charge in [0.1, 0.15) is 11.8 Å². The minimum Gasteiger partial charge on any atom is -0.367 e. The SMILES string of the molecule is CC[C@@]12CC3(C)O[C@@H]1C(I)=CN1CCc4c(n3c3ccccc43)[C@@H]12. The highest BCUT2D eigenvalue weighted by molar-refractivity contribution is 14.1. The summed E-state index contributed by atoms with van der Waals surface area (Å²) < 4.78 is 10.8. The minimum absolute atomic E-state index is 0.220. The molecule has 3 nitrogen and oxygen atoms in total. The van der Waals surface area contributed by atoms with E-state index in [1.807, 2.05) is 0 Å². The lowest BCUT2D eigenvalue weighted by atomic mass is 9.64. The first-order valence-electron chi connectivity index (χ1n) is 9.02. The van der Waals surface area contributed by atoms with Crippen LogP contribution in [0.4, 0.5) is 0 Å². The first kappa shape index (κ1) is 14.2. The molecular weight excluding hydrogens is 411 g/mol. The van der Waals surface area contributed by atoms with Crippen molar-refractivity contribution in [1.82, 2.24) is 9.47 Å². The Morgan fingerprint density at radius 1 is 1.33 bits per heavy atom. The second-order valence-corrected chi connectivity index (χ2v) is 9.30. The number of aromatic nitrogens is 1. The Morgan fingerprint density at radius 2 is 2.17 bits per heavy atom. The van der Waals surface area contributed by atoms with Gasteiger partial charge in [0.25, 0.3) is 0 Å². The Labute approximate surface area is 155 Å². The maximum Gasteiger partial charge on any atom is 0.143 e. The third kappa shape index (κ3) is 1.34. The smallest absolute Gasteiger partial charge is 0.143 e. The van der Waals surface area contributed by atoms with Gasteiger partial charge in [-0.1, -0.05) is 25.1 Å². The second kappa shape index (κ2) is 4.21. The van der Waals surface area contributed by atoms with Gasteiger partial charge in [0.05, 0.1) is 11.6 Å². The fourth-order valence-electron chi connectivity index (χ4n) is 6.20. The van der Waals surface area contributed by atoms with E-state index in [0.717, 1.165) is 19.4 Å². The highest BCUT2D eigenvalue weighted by Gasteiger charge is 2.66. The number of hydrogen-bond acceptors (Lipinski definition) is 2. The molecule has 1 fully saturated rings. The number of halogens is 1. The van der Waals surface area contributed by atoms with Crippen molar-refractivity contribution in [2.45, 2.75) is 51.0 Å². The molecule has 0 spiro atoms. The molecule has 6 rings (SSSR count). The molecule has 1 saturated heterocycles. The summed E-state index contributed by atoms with van der Waals surface area (Å²) in [6.07, 6.45) is 6.06. The summed E-state index contributed by atoms with van der Waals surface area (Å²) in [5, 5.41) is 1.44. The normalized spacial score (nSPS) is 38.6. The Hall–Kier alpha value is -1.01. The monoisotopic (exact) mass is 432 g/mol. The average Bonchev–Trinajstić information content (AvgIpc) is 3.06. The maximum atomic E-state index is 6.83. The molecule has 0 N–H and O–H groups in total. The molecular formula is C20H21IN2O. The number of fused-ring (bicyclic) bond motifs is 5. The van der Waals surface area contributed by atoms with Crippen molar-refractivity contribution < 1.29 is 4.74 Å². The van der Waals surface area contributed by atoms with E-state index < -0.39 is 0 Å². The highest BCUT2D eigenvalue weighted by Crippen LogP contribution is 2.67. The molecule has 4 atom stereocenters. The van der Waals surface area contributed by atoms with Gasteiger partial charge in [0.2, 0.25) is 0 Å². The molecule has 1 unspecified atom stereocenters. The van der Waals surface area contributed by atoms with Crippen molar-refractivity contribution in [3.05, 3.63) is 45.3 Å². The van der Waals surface area contributed by atoms with Gasteiger partial charge in [-0.05, 0) is 54.0 Å². The number of rotatable bonds is 1. The molecule has 1 aromatic heterocycles. The largest absolute Gasteiger partial charge is 0.367 e. The summed E-state index contributed by atoms with van der Waals surface area (Å²) in [5.41, 5.74) is 4.48.